The first-order chi connectivity index (χ1) is 23.0. The van der Waals surface area contributed by atoms with E-state index in [1.807, 2.05) is 20.8 Å². The van der Waals surface area contributed by atoms with Gasteiger partial charge >= 0.3 is 6.09 Å². The molecule has 7 atom stereocenters. The summed E-state index contributed by atoms with van der Waals surface area (Å²) in [4.78, 5) is 64.4. The minimum absolute atomic E-state index is 0.0608. The number of primary amides is 1. The number of carbonyl (C=O) groups is 5. The Labute approximate surface area is 288 Å². The van der Waals surface area contributed by atoms with Crippen LogP contribution in [0, 0.1) is 17.8 Å². The fourth-order valence-corrected chi connectivity index (χ4v) is 5.57. The number of aliphatic hydroxyl groups is 1. The number of carbonyl (C=O) groups excluding carboxylic acids is 5. The molecule has 0 aromatic rings. The summed E-state index contributed by atoms with van der Waals surface area (Å²) >= 11 is 0. The number of allylic oxidation sites excluding steroid dienone is 4. The second-order valence-electron chi connectivity index (χ2n) is 12.9. The number of ether oxygens (including phenoxy) is 3. The van der Waals surface area contributed by atoms with Gasteiger partial charge in [-0.25, -0.2) is 4.79 Å². The number of ketones is 2. The molecule has 0 saturated heterocycles. The van der Waals surface area contributed by atoms with E-state index in [-0.39, 0.29) is 59.8 Å². The Morgan fingerprint density at radius 2 is 1.78 bits per heavy atom. The van der Waals surface area contributed by atoms with Crippen LogP contribution in [0.25, 0.3) is 0 Å². The van der Waals surface area contributed by atoms with Crippen LogP contribution in [0.5, 0.6) is 0 Å². The van der Waals surface area contributed by atoms with Gasteiger partial charge in [-0.15, -0.1) is 0 Å². The van der Waals surface area contributed by atoms with E-state index in [2.05, 4.69) is 16.0 Å². The molecule has 3 amide bonds. The van der Waals surface area contributed by atoms with E-state index in [9.17, 15) is 29.1 Å². The SMILES string of the molecule is CO[C@@H]1/C=C\C=C(/C)C(=O)NC2=CC(=O)C(NCCNC(=O)C(N)C(C)C)=C(C[C@@H](C)C[C@@H](OC)[C@@H](O)[C@H](C)/C=C(\C)[C@H]1OC(N)=O)C2=O. The van der Waals surface area contributed by atoms with Crippen LogP contribution in [-0.2, 0) is 33.4 Å². The molecule has 0 saturated carbocycles. The first-order valence-electron chi connectivity index (χ1n) is 16.4. The van der Waals surface area contributed by atoms with Crippen LogP contribution in [0.1, 0.15) is 54.4 Å². The Bertz CT molecular complexity index is 1400. The average molecular weight is 688 g/mol. The van der Waals surface area contributed by atoms with Crippen molar-refractivity contribution in [2.24, 2.45) is 29.2 Å². The summed E-state index contributed by atoms with van der Waals surface area (Å²) in [6.07, 6.45) is 3.36. The van der Waals surface area contributed by atoms with Gasteiger partial charge in [0.1, 0.15) is 6.10 Å². The van der Waals surface area contributed by atoms with E-state index >= 15 is 0 Å². The molecule has 2 aliphatic rings. The van der Waals surface area contributed by atoms with Crippen molar-refractivity contribution in [3.63, 3.8) is 0 Å². The van der Waals surface area contributed by atoms with Crippen molar-refractivity contribution >= 4 is 29.5 Å². The smallest absolute Gasteiger partial charge is 0.405 e. The zero-order valence-electron chi connectivity index (χ0n) is 29.7. The highest BCUT2D eigenvalue weighted by Gasteiger charge is 2.33. The Morgan fingerprint density at radius 3 is 2.37 bits per heavy atom. The van der Waals surface area contributed by atoms with E-state index in [0.717, 1.165) is 6.08 Å². The summed E-state index contributed by atoms with van der Waals surface area (Å²) < 4.78 is 16.6. The first-order valence-corrected chi connectivity index (χ1v) is 16.4. The molecule has 14 heteroatoms. The fourth-order valence-electron chi connectivity index (χ4n) is 5.57. The van der Waals surface area contributed by atoms with Gasteiger partial charge in [-0.05, 0) is 44.1 Å². The van der Waals surface area contributed by atoms with E-state index in [1.54, 1.807) is 26.0 Å². The minimum Gasteiger partial charge on any atom is -0.439 e. The lowest BCUT2D eigenvalue weighted by molar-refractivity contribution is -0.123. The summed E-state index contributed by atoms with van der Waals surface area (Å²) in [6.45, 7) is 10.8. The number of nitrogens with two attached hydrogens (primary N) is 2. The predicted molar refractivity (Wildman–Crippen MR) is 183 cm³/mol. The van der Waals surface area contributed by atoms with Crippen molar-refractivity contribution in [3.05, 3.63) is 58.5 Å². The van der Waals surface area contributed by atoms with E-state index in [0.29, 0.717) is 12.0 Å². The number of methoxy groups -OCH3 is 2. The van der Waals surface area contributed by atoms with Crippen LogP contribution in [0.3, 0.4) is 0 Å². The van der Waals surface area contributed by atoms with Crippen molar-refractivity contribution in [3.8, 4) is 0 Å². The highest BCUT2D eigenvalue weighted by Crippen LogP contribution is 2.28. The lowest BCUT2D eigenvalue weighted by Gasteiger charge is -2.30. The van der Waals surface area contributed by atoms with Crippen molar-refractivity contribution in [2.45, 2.75) is 84.8 Å². The molecule has 0 fully saturated rings. The molecule has 49 heavy (non-hydrogen) atoms. The fraction of sp³-hybridized carbons (Fsp3) is 0.571. The molecule has 1 unspecified atom stereocenters. The maximum Gasteiger partial charge on any atom is 0.405 e. The van der Waals surface area contributed by atoms with Gasteiger partial charge in [0.05, 0.1) is 29.6 Å². The van der Waals surface area contributed by atoms with E-state index < -0.39 is 59.9 Å². The second-order valence-corrected chi connectivity index (χ2v) is 12.9. The number of amides is 3. The second kappa shape index (κ2) is 19.2. The van der Waals surface area contributed by atoms with Crippen LogP contribution in [0.15, 0.2) is 58.5 Å². The van der Waals surface area contributed by atoms with Crippen molar-refractivity contribution in [1.82, 2.24) is 16.0 Å². The minimum atomic E-state index is -1.02. The summed E-state index contributed by atoms with van der Waals surface area (Å²) in [7, 11) is 2.89. The van der Waals surface area contributed by atoms with Crippen LogP contribution in [0.2, 0.25) is 0 Å². The molecule has 0 aromatic heterocycles. The Morgan fingerprint density at radius 1 is 1.10 bits per heavy atom. The third kappa shape index (κ3) is 11.8. The topological polar surface area (TPSA) is 221 Å². The zero-order chi connectivity index (χ0) is 37.0. The number of hydrogen-bond donors (Lipinski definition) is 6. The van der Waals surface area contributed by atoms with Crippen molar-refractivity contribution < 1.29 is 43.3 Å². The average Bonchev–Trinajstić information content (AvgIpc) is 3.04. The molecule has 1 heterocycles. The number of hydrogen-bond acceptors (Lipinski definition) is 11. The zero-order valence-corrected chi connectivity index (χ0v) is 29.7. The Balaban J connectivity index is 2.53. The molecule has 1 aliphatic heterocycles. The third-order valence-corrected chi connectivity index (χ3v) is 8.54. The maximum absolute atomic E-state index is 13.8. The van der Waals surface area contributed by atoms with Crippen LogP contribution in [0.4, 0.5) is 4.79 Å². The van der Waals surface area contributed by atoms with E-state index in [1.165, 1.54) is 33.3 Å². The highest BCUT2D eigenvalue weighted by molar-refractivity contribution is 6.23. The van der Waals surface area contributed by atoms with Gasteiger partial charge in [0.2, 0.25) is 17.5 Å². The Hall–Kier alpha value is -4.11. The number of rotatable bonds is 9. The Kier molecular flexibility index (Phi) is 16.1. The molecule has 8 N–H and O–H groups in total. The molecular formula is C35H53N5O9. The first kappa shape index (κ1) is 41.1. The number of Topliss-reactive ketones (excluding diaryl/α,β-unsaturated/α-hetero) is 1. The monoisotopic (exact) mass is 687 g/mol. The largest absolute Gasteiger partial charge is 0.439 e. The summed E-state index contributed by atoms with van der Waals surface area (Å²) in [5.74, 6) is -2.83. The predicted octanol–water partition coefficient (Wildman–Crippen LogP) is 1.45. The van der Waals surface area contributed by atoms with Crippen molar-refractivity contribution in [1.29, 1.82) is 0 Å². The summed E-state index contributed by atoms with van der Waals surface area (Å²) in [5.41, 5.74) is 12.1. The lowest BCUT2D eigenvalue weighted by Crippen LogP contribution is -2.46. The van der Waals surface area contributed by atoms with Crippen LogP contribution >= 0.6 is 0 Å². The molecule has 0 spiro atoms. The maximum atomic E-state index is 13.8. The van der Waals surface area contributed by atoms with Gasteiger partial charge in [0.15, 0.2) is 6.10 Å². The third-order valence-electron chi connectivity index (χ3n) is 8.54. The molecule has 0 radical (unpaired) electrons. The number of fused-ring (bicyclic) bond motifs is 2. The molecule has 2 rings (SSSR count). The molecule has 1 aliphatic carbocycles. The molecule has 0 aromatic carbocycles. The van der Waals surface area contributed by atoms with Gasteiger partial charge < -0.3 is 46.7 Å². The van der Waals surface area contributed by atoms with Gasteiger partial charge in [0, 0.05) is 50.4 Å². The van der Waals surface area contributed by atoms with Crippen LogP contribution in [-0.4, -0.2) is 92.3 Å². The normalized spacial score (nSPS) is 29.5. The standard InChI is InChI=1S/C35H53N5O9/c1-18(2)28(36)34(45)39-13-12-38-29-23-14-19(3)15-27(48-8)30(42)21(5)16-22(6)32(49-35(37)46)26(47-7)11-9-10-20(4)33(44)40-24(31(23)43)17-25(29)41/h9-11,16-19,21,26-28,30,32,38,42H,12-15,36H2,1-8H3,(H2,37,46)(H,39,45)(H,40,44)/b11-9-,20-10+,22-16+/t19-,21-,26-,27-,28?,30+,32-/m1/s1. The highest BCUT2D eigenvalue weighted by atomic mass is 16.6. The molecule has 14 nitrogen and oxygen atoms in total. The van der Waals surface area contributed by atoms with Crippen LogP contribution < -0.4 is 27.4 Å². The van der Waals surface area contributed by atoms with Gasteiger partial charge in [-0.1, -0.05) is 52.0 Å². The summed E-state index contributed by atoms with van der Waals surface area (Å²) in [6, 6.07) is -0.688. The van der Waals surface area contributed by atoms with Gasteiger partial charge in [-0.2, -0.15) is 0 Å². The van der Waals surface area contributed by atoms with E-state index in [4.69, 9.17) is 25.7 Å². The quantitative estimate of drug-likeness (QED) is 0.116. The molecular weight excluding hydrogens is 634 g/mol. The summed E-state index contributed by atoms with van der Waals surface area (Å²) in [5, 5.41) is 19.6. The number of nitrogens with one attached hydrogen (secondary N) is 3. The number of aliphatic hydroxyl groups excluding tert-OH is 1. The van der Waals surface area contributed by atoms with Gasteiger partial charge in [-0.3, -0.25) is 19.2 Å². The van der Waals surface area contributed by atoms with Gasteiger partial charge in [0.25, 0.3) is 5.91 Å². The lowest BCUT2D eigenvalue weighted by atomic mass is 9.85. The molecule has 2 bridgehead atoms. The molecule has 272 valence electrons. The van der Waals surface area contributed by atoms with Crippen molar-refractivity contribution in [2.75, 3.05) is 27.3 Å².